The second kappa shape index (κ2) is 7.31. The van der Waals surface area contributed by atoms with Crippen molar-refractivity contribution in [2.45, 2.75) is 38.3 Å². The molecule has 1 aliphatic carbocycles. The third kappa shape index (κ3) is 3.71. The number of amides is 1. The molecule has 132 valence electrons. The highest BCUT2D eigenvalue weighted by atomic mass is 16.1. The van der Waals surface area contributed by atoms with Gasteiger partial charge >= 0.3 is 0 Å². The van der Waals surface area contributed by atoms with E-state index in [1.54, 1.807) is 6.20 Å². The lowest BCUT2D eigenvalue weighted by molar-refractivity contribution is 0.0936. The molecule has 1 amide bonds. The summed E-state index contributed by atoms with van der Waals surface area (Å²) in [7, 11) is 0. The molecule has 0 aromatic carbocycles. The minimum atomic E-state index is -0.170. The van der Waals surface area contributed by atoms with E-state index in [9.17, 15) is 4.79 Å². The average Bonchev–Trinajstić information content (AvgIpc) is 3.07. The Kier molecular flexibility index (Phi) is 4.74. The minimum Gasteiger partial charge on any atom is -0.351 e. The number of aromatic nitrogens is 4. The molecule has 7 nitrogen and oxygen atoms in total. The molecule has 1 saturated carbocycles. The van der Waals surface area contributed by atoms with Crippen molar-refractivity contribution in [2.24, 2.45) is 5.92 Å². The van der Waals surface area contributed by atoms with E-state index in [1.807, 2.05) is 6.20 Å². The Balaban J connectivity index is 1.33. The van der Waals surface area contributed by atoms with E-state index in [-0.39, 0.29) is 5.91 Å². The third-order valence-electron chi connectivity index (χ3n) is 5.25. The Bertz CT molecular complexity index is 711. The van der Waals surface area contributed by atoms with Crippen LogP contribution < -0.4 is 5.32 Å². The van der Waals surface area contributed by atoms with E-state index in [0.717, 1.165) is 25.4 Å². The van der Waals surface area contributed by atoms with E-state index >= 15 is 0 Å². The first kappa shape index (κ1) is 16.2. The van der Waals surface area contributed by atoms with E-state index in [4.69, 9.17) is 0 Å². The molecule has 4 rings (SSSR count). The predicted octanol–water partition coefficient (Wildman–Crippen LogP) is 1.65. The van der Waals surface area contributed by atoms with Gasteiger partial charge < -0.3 is 5.32 Å². The molecule has 1 aliphatic heterocycles. The average molecular weight is 340 g/mol. The summed E-state index contributed by atoms with van der Waals surface area (Å²) in [5.74, 6) is 0.697. The van der Waals surface area contributed by atoms with Gasteiger partial charge in [0.25, 0.3) is 5.91 Å². The summed E-state index contributed by atoms with van der Waals surface area (Å²) in [6.07, 6.45) is 11.5. The van der Waals surface area contributed by atoms with Crippen molar-refractivity contribution in [1.29, 1.82) is 0 Å². The molecule has 0 saturated heterocycles. The molecule has 0 radical (unpaired) electrons. The number of fused-ring (bicyclic) bond motifs is 1. The highest BCUT2D eigenvalue weighted by Gasteiger charge is 2.28. The predicted molar refractivity (Wildman–Crippen MR) is 92.9 cm³/mol. The molecule has 3 heterocycles. The summed E-state index contributed by atoms with van der Waals surface area (Å²) in [6.45, 7) is 3.79. The smallest absolute Gasteiger partial charge is 0.271 e. The molecule has 1 fully saturated rings. The van der Waals surface area contributed by atoms with Crippen molar-refractivity contribution in [2.75, 3.05) is 19.6 Å². The highest BCUT2D eigenvalue weighted by molar-refractivity contribution is 5.91. The van der Waals surface area contributed by atoms with E-state index in [2.05, 4.69) is 36.0 Å². The molecule has 1 atom stereocenters. The van der Waals surface area contributed by atoms with Crippen LogP contribution in [-0.4, -0.2) is 50.2 Å². The van der Waals surface area contributed by atoms with Crippen LogP contribution in [0.3, 0.4) is 0 Å². The SMILES string of the molecule is O=C(NCC[C@H]1CN(CC2CCC2)Cc2ccnn21)c1cnccn1. The van der Waals surface area contributed by atoms with Gasteiger partial charge in [0.05, 0.1) is 17.9 Å². The molecule has 1 N–H and O–H groups in total. The lowest BCUT2D eigenvalue weighted by Gasteiger charge is -2.38. The first-order valence-corrected chi connectivity index (χ1v) is 9.08. The largest absolute Gasteiger partial charge is 0.351 e. The van der Waals surface area contributed by atoms with Crippen LogP contribution in [0.2, 0.25) is 0 Å². The van der Waals surface area contributed by atoms with Gasteiger partial charge in [-0.2, -0.15) is 5.10 Å². The van der Waals surface area contributed by atoms with E-state index in [1.165, 1.54) is 43.9 Å². The molecule has 0 spiro atoms. The molecule has 7 heteroatoms. The van der Waals surface area contributed by atoms with Gasteiger partial charge in [-0.3, -0.25) is 19.4 Å². The molecular formula is C18H24N6O. The zero-order valence-corrected chi connectivity index (χ0v) is 14.3. The number of carbonyl (C=O) groups is 1. The van der Waals surface area contributed by atoms with Crippen molar-refractivity contribution in [3.8, 4) is 0 Å². The Labute approximate surface area is 147 Å². The van der Waals surface area contributed by atoms with Crippen LogP contribution >= 0.6 is 0 Å². The van der Waals surface area contributed by atoms with Crippen molar-refractivity contribution in [1.82, 2.24) is 30.0 Å². The monoisotopic (exact) mass is 340 g/mol. The summed E-state index contributed by atoms with van der Waals surface area (Å²) >= 11 is 0. The molecule has 0 bridgehead atoms. The quantitative estimate of drug-likeness (QED) is 0.865. The lowest BCUT2D eigenvalue weighted by atomic mass is 9.85. The van der Waals surface area contributed by atoms with Gasteiger partial charge in [0.1, 0.15) is 5.69 Å². The van der Waals surface area contributed by atoms with Crippen molar-refractivity contribution < 1.29 is 4.79 Å². The fourth-order valence-electron chi connectivity index (χ4n) is 3.72. The molecule has 25 heavy (non-hydrogen) atoms. The van der Waals surface area contributed by atoms with Crippen LogP contribution in [0.5, 0.6) is 0 Å². The van der Waals surface area contributed by atoms with E-state index < -0.39 is 0 Å². The van der Waals surface area contributed by atoms with Gasteiger partial charge in [-0.25, -0.2) is 4.98 Å². The molecular weight excluding hydrogens is 316 g/mol. The summed E-state index contributed by atoms with van der Waals surface area (Å²) in [5, 5.41) is 7.44. The maximum absolute atomic E-state index is 12.1. The van der Waals surface area contributed by atoms with Gasteiger partial charge in [0.2, 0.25) is 0 Å². The summed E-state index contributed by atoms with van der Waals surface area (Å²) in [6, 6.07) is 2.42. The van der Waals surface area contributed by atoms with Gasteiger partial charge in [-0.1, -0.05) is 6.42 Å². The van der Waals surface area contributed by atoms with Crippen LogP contribution in [0.1, 0.15) is 47.9 Å². The van der Waals surface area contributed by atoms with E-state index in [0.29, 0.717) is 18.3 Å². The first-order chi connectivity index (χ1) is 12.3. The van der Waals surface area contributed by atoms with Gasteiger partial charge in [-0.05, 0) is 31.2 Å². The molecule has 2 aromatic rings. The molecule has 2 aromatic heterocycles. The standard InChI is InChI=1S/C18H24N6O/c25-18(17-10-19-8-9-20-17)21-6-4-15-12-23(11-14-2-1-3-14)13-16-5-7-22-24(15)16/h5,7-10,14-15H,1-4,6,11-13H2,(H,21,25)/t15-/m0/s1. The van der Waals surface area contributed by atoms with Crippen LogP contribution in [0.15, 0.2) is 30.9 Å². The summed E-state index contributed by atoms with van der Waals surface area (Å²) in [4.78, 5) is 22.6. The zero-order chi connectivity index (χ0) is 17.1. The first-order valence-electron chi connectivity index (χ1n) is 9.08. The third-order valence-corrected chi connectivity index (χ3v) is 5.25. The maximum Gasteiger partial charge on any atom is 0.271 e. The highest BCUT2D eigenvalue weighted by Crippen LogP contribution is 2.30. The van der Waals surface area contributed by atoms with Crippen molar-refractivity contribution in [3.05, 3.63) is 42.2 Å². The summed E-state index contributed by atoms with van der Waals surface area (Å²) < 4.78 is 2.13. The van der Waals surface area contributed by atoms with Crippen LogP contribution in [0.4, 0.5) is 0 Å². The fourth-order valence-corrected chi connectivity index (χ4v) is 3.72. The fraction of sp³-hybridized carbons (Fsp3) is 0.556. The molecule has 2 aliphatic rings. The van der Waals surface area contributed by atoms with Gasteiger partial charge in [0.15, 0.2) is 0 Å². The normalized spacial score (nSPS) is 20.7. The number of hydrogen-bond acceptors (Lipinski definition) is 5. The lowest BCUT2D eigenvalue weighted by Crippen LogP contribution is -2.42. The number of hydrogen-bond donors (Lipinski definition) is 1. The van der Waals surface area contributed by atoms with Crippen molar-refractivity contribution >= 4 is 5.91 Å². The van der Waals surface area contributed by atoms with Gasteiger partial charge in [0, 0.05) is 44.8 Å². The number of rotatable bonds is 6. The van der Waals surface area contributed by atoms with Crippen LogP contribution in [0, 0.1) is 5.92 Å². The number of nitrogens with one attached hydrogen (secondary N) is 1. The minimum absolute atomic E-state index is 0.170. The Morgan fingerprint density at radius 3 is 2.96 bits per heavy atom. The maximum atomic E-state index is 12.1. The Morgan fingerprint density at radius 1 is 1.28 bits per heavy atom. The zero-order valence-electron chi connectivity index (χ0n) is 14.3. The van der Waals surface area contributed by atoms with Crippen molar-refractivity contribution in [3.63, 3.8) is 0 Å². The number of carbonyl (C=O) groups excluding carboxylic acids is 1. The number of nitrogens with zero attached hydrogens (tertiary/aromatic N) is 5. The summed E-state index contributed by atoms with van der Waals surface area (Å²) in [5.41, 5.74) is 1.63. The van der Waals surface area contributed by atoms with Gasteiger partial charge in [-0.15, -0.1) is 0 Å². The Morgan fingerprint density at radius 2 is 2.20 bits per heavy atom. The second-order valence-electron chi connectivity index (χ2n) is 7.05. The second-order valence-corrected chi connectivity index (χ2v) is 7.05. The van der Waals surface area contributed by atoms with Crippen LogP contribution in [0.25, 0.3) is 0 Å². The van der Waals surface area contributed by atoms with Crippen LogP contribution in [-0.2, 0) is 6.54 Å². The topological polar surface area (TPSA) is 75.9 Å². The molecule has 0 unspecified atom stereocenters. The Hall–Kier alpha value is -2.28.